The van der Waals surface area contributed by atoms with Gasteiger partial charge in [-0.2, -0.15) is 12.7 Å². The molecular formula is C10H15N3O5S. The van der Waals surface area contributed by atoms with Gasteiger partial charge >= 0.3 is 16.2 Å². The maximum absolute atomic E-state index is 11.8. The highest BCUT2D eigenvalue weighted by atomic mass is 32.2. The second-order valence-corrected chi connectivity index (χ2v) is 5.72. The summed E-state index contributed by atoms with van der Waals surface area (Å²) in [5.41, 5.74) is -0.0357. The summed E-state index contributed by atoms with van der Waals surface area (Å²) in [6.45, 7) is -0.142. The normalized spacial score (nSPS) is 11.5. The third-order valence-electron chi connectivity index (χ3n) is 2.38. The van der Waals surface area contributed by atoms with Crippen molar-refractivity contribution in [2.24, 2.45) is 7.05 Å². The van der Waals surface area contributed by atoms with Gasteiger partial charge in [-0.3, -0.25) is 14.3 Å². The van der Waals surface area contributed by atoms with E-state index in [0.29, 0.717) is 0 Å². The Labute approximate surface area is 110 Å². The van der Waals surface area contributed by atoms with E-state index in [4.69, 9.17) is 5.11 Å². The highest BCUT2D eigenvalue weighted by Crippen LogP contribution is 2.08. The molecule has 2 N–H and O–H groups in total. The van der Waals surface area contributed by atoms with Crippen LogP contribution in [0, 0.1) is 0 Å². The molecule has 0 unspecified atom stereocenters. The lowest BCUT2D eigenvalue weighted by molar-refractivity contribution is -0.137. The van der Waals surface area contributed by atoms with Crippen molar-refractivity contribution in [1.29, 1.82) is 0 Å². The number of nitrogens with one attached hydrogen (secondary N) is 1. The molecule has 0 aliphatic heterocycles. The second-order valence-electron chi connectivity index (χ2n) is 3.94. The van der Waals surface area contributed by atoms with E-state index >= 15 is 0 Å². The Kier molecular flexibility index (Phi) is 4.67. The molecule has 0 radical (unpaired) electrons. The van der Waals surface area contributed by atoms with Crippen LogP contribution in [0.1, 0.15) is 6.42 Å². The van der Waals surface area contributed by atoms with Gasteiger partial charge in [0.1, 0.15) is 0 Å². The molecular weight excluding hydrogens is 274 g/mol. The van der Waals surface area contributed by atoms with Crippen LogP contribution < -0.4 is 10.3 Å². The van der Waals surface area contributed by atoms with Crippen molar-refractivity contribution in [1.82, 2.24) is 8.87 Å². The molecule has 0 aliphatic rings. The fraction of sp³-hybridized carbons (Fsp3) is 0.400. The molecule has 1 aromatic rings. The molecule has 0 aromatic carbocycles. The first-order chi connectivity index (χ1) is 8.72. The fourth-order valence-corrected chi connectivity index (χ4v) is 2.16. The molecule has 0 aliphatic carbocycles. The zero-order chi connectivity index (χ0) is 14.6. The summed E-state index contributed by atoms with van der Waals surface area (Å²) < 4.78 is 28.1. The molecule has 0 saturated heterocycles. The average Bonchev–Trinajstić information content (AvgIpc) is 2.30. The molecule has 0 atom stereocenters. The van der Waals surface area contributed by atoms with Crippen molar-refractivity contribution in [2.45, 2.75) is 6.42 Å². The van der Waals surface area contributed by atoms with Crippen LogP contribution in [0.3, 0.4) is 0 Å². The Balaban J connectivity index is 2.81. The largest absolute Gasteiger partial charge is 0.481 e. The van der Waals surface area contributed by atoms with E-state index in [-0.39, 0.29) is 24.2 Å². The zero-order valence-corrected chi connectivity index (χ0v) is 11.3. The lowest BCUT2D eigenvalue weighted by Crippen LogP contribution is -2.34. The number of pyridine rings is 1. The molecule has 9 heteroatoms. The summed E-state index contributed by atoms with van der Waals surface area (Å²) in [4.78, 5) is 21.5. The van der Waals surface area contributed by atoms with Gasteiger partial charge in [-0.25, -0.2) is 0 Å². The van der Waals surface area contributed by atoms with Crippen LogP contribution >= 0.6 is 0 Å². The van der Waals surface area contributed by atoms with E-state index in [1.54, 1.807) is 0 Å². The van der Waals surface area contributed by atoms with Crippen LogP contribution in [0.15, 0.2) is 23.1 Å². The summed E-state index contributed by atoms with van der Waals surface area (Å²) in [5, 5.41) is 8.50. The SMILES string of the molecule is CN(CCC(=O)O)S(=O)(=O)Nc1ccc(=O)n(C)c1. The number of aliphatic carboxylic acids is 1. The fourth-order valence-electron chi connectivity index (χ4n) is 1.25. The molecule has 0 bridgehead atoms. The Morgan fingerprint density at radius 2 is 2.11 bits per heavy atom. The van der Waals surface area contributed by atoms with Crippen molar-refractivity contribution in [3.63, 3.8) is 0 Å². The van der Waals surface area contributed by atoms with Gasteiger partial charge in [0.15, 0.2) is 0 Å². The van der Waals surface area contributed by atoms with Crippen LogP contribution in [-0.4, -0.2) is 42.0 Å². The third kappa shape index (κ3) is 4.38. The van der Waals surface area contributed by atoms with E-state index in [0.717, 1.165) is 4.31 Å². The van der Waals surface area contributed by atoms with Crippen LogP contribution in [-0.2, 0) is 22.1 Å². The molecule has 1 rings (SSSR count). The van der Waals surface area contributed by atoms with E-state index < -0.39 is 16.2 Å². The first-order valence-corrected chi connectivity index (χ1v) is 6.79. The number of anilines is 1. The van der Waals surface area contributed by atoms with Crippen molar-refractivity contribution in [2.75, 3.05) is 18.3 Å². The lowest BCUT2D eigenvalue weighted by atomic mass is 10.4. The average molecular weight is 289 g/mol. The van der Waals surface area contributed by atoms with Crippen molar-refractivity contribution in [3.05, 3.63) is 28.7 Å². The summed E-state index contributed by atoms with van der Waals surface area (Å²) in [7, 11) is -1.07. The first-order valence-electron chi connectivity index (χ1n) is 5.35. The molecule has 0 spiro atoms. The van der Waals surface area contributed by atoms with Crippen molar-refractivity contribution >= 4 is 21.9 Å². The van der Waals surface area contributed by atoms with Crippen molar-refractivity contribution in [3.8, 4) is 0 Å². The predicted molar refractivity (Wildman–Crippen MR) is 69.1 cm³/mol. The van der Waals surface area contributed by atoms with Crippen LogP contribution in [0.4, 0.5) is 5.69 Å². The number of aryl methyl sites for hydroxylation is 1. The smallest absolute Gasteiger partial charge is 0.304 e. The topological polar surface area (TPSA) is 109 Å². The van der Waals surface area contributed by atoms with E-state index in [2.05, 4.69) is 4.72 Å². The summed E-state index contributed by atoms with van der Waals surface area (Å²) >= 11 is 0. The van der Waals surface area contributed by atoms with Crippen LogP contribution in [0.2, 0.25) is 0 Å². The molecule has 0 saturated carbocycles. The Morgan fingerprint density at radius 3 is 2.63 bits per heavy atom. The maximum Gasteiger partial charge on any atom is 0.304 e. The van der Waals surface area contributed by atoms with Gasteiger partial charge in [0.2, 0.25) is 5.56 Å². The second kappa shape index (κ2) is 5.85. The van der Waals surface area contributed by atoms with Gasteiger partial charge in [0, 0.05) is 32.9 Å². The number of aromatic nitrogens is 1. The minimum Gasteiger partial charge on any atom is -0.481 e. The number of carbonyl (C=O) groups is 1. The van der Waals surface area contributed by atoms with E-state index in [1.807, 2.05) is 0 Å². The van der Waals surface area contributed by atoms with Gasteiger partial charge in [0.25, 0.3) is 0 Å². The number of hydrogen-bond acceptors (Lipinski definition) is 4. The highest BCUT2D eigenvalue weighted by Gasteiger charge is 2.18. The minimum atomic E-state index is -3.83. The number of rotatable bonds is 6. The molecule has 106 valence electrons. The molecule has 1 heterocycles. The molecule has 0 fully saturated rings. The number of carboxylic acid groups (broad SMARTS) is 1. The lowest BCUT2D eigenvalue weighted by Gasteiger charge is -2.17. The first kappa shape index (κ1) is 15.2. The number of carboxylic acids is 1. The van der Waals surface area contributed by atoms with E-state index in [9.17, 15) is 18.0 Å². The Morgan fingerprint density at radius 1 is 1.47 bits per heavy atom. The monoisotopic (exact) mass is 289 g/mol. The zero-order valence-electron chi connectivity index (χ0n) is 10.5. The number of nitrogens with zero attached hydrogens (tertiary/aromatic N) is 2. The Hall–Kier alpha value is -1.87. The van der Waals surface area contributed by atoms with E-state index in [1.165, 1.54) is 37.0 Å². The summed E-state index contributed by atoms with van der Waals surface area (Å²) in [6.07, 6.45) is 1.05. The molecule has 1 aromatic heterocycles. The Bertz CT molecular complexity index is 622. The van der Waals surface area contributed by atoms with Gasteiger partial charge in [-0.05, 0) is 6.07 Å². The molecule has 8 nitrogen and oxygen atoms in total. The quantitative estimate of drug-likeness (QED) is 0.730. The van der Waals surface area contributed by atoms with Crippen LogP contribution in [0.25, 0.3) is 0 Å². The predicted octanol–water partition coefficient (Wildman–Crippen LogP) is -0.551. The standard InChI is InChI=1S/C10H15N3O5S/c1-12-7-8(3-4-9(12)14)11-19(17,18)13(2)6-5-10(15)16/h3-4,7,11H,5-6H2,1-2H3,(H,15,16). The summed E-state index contributed by atoms with van der Waals surface area (Å²) in [6, 6.07) is 2.57. The van der Waals surface area contributed by atoms with Gasteiger partial charge in [-0.15, -0.1) is 0 Å². The van der Waals surface area contributed by atoms with Crippen LogP contribution in [0.5, 0.6) is 0 Å². The highest BCUT2D eigenvalue weighted by molar-refractivity contribution is 7.90. The minimum absolute atomic E-state index is 0.142. The van der Waals surface area contributed by atoms with Gasteiger partial charge in [-0.1, -0.05) is 0 Å². The third-order valence-corrected chi connectivity index (χ3v) is 3.88. The van der Waals surface area contributed by atoms with Gasteiger partial charge < -0.3 is 9.67 Å². The van der Waals surface area contributed by atoms with Gasteiger partial charge in [0.05, 0.1) is 12.1 Å². The molecule has 19 heavy (non-hydrogen) atoms. The number of hydrogen-bond donors (Lipinski definition) is 2. The summed E-state index contributed by atoms with van der Waals surface area (Å²) in [5.74, 6) is -1.08. The molecule has 0 amide bonds. The van der Waals surface area contributed by atoms with Crippen molar-refractivity contribution < 1.29 is 18.3 Å². The maximum atomic E-state index is 11.8.